The van der Waals surface area contributed by atoms with E-state index in [0.29, 0.717) is 37.0 Å². The molecule has 4 bridgehead atoms. The van der Waals surface area contributed by atoms with Gasteiger partial charge in [0, 0.05) is 11.0 Å². The van der Waals surface area contributed by atoms with Crippen LogP contribution in [-0.4, -0.2) is 42.1 Å². The van der Waals surface area contributed by atoms with E-state index < -0.39 is 22.4 Å². The third-order valence-electron chi connectivity index (χ3n) is 8.75. The second kappa shape index (κ2) is 7.05. The molecule has 0 spiro atoms. The standard InChI is InChI=1S/C25H38O6/c1-16(2)19(26)30-22(5,6)25-13-17-10-18(14-25)12-24(11-17,15-25)20(27)31-21(3,4)23(7)28-8-9-29-23/h17-18H,1,8-15H2,2-7H3. The topological polar surface area (TPSA) is 71.1 Å². The van der Waals surface area contributed by atoms with Gasteiger partial charge in [-0.2, -0.15) is 0 Å². The fraction of sp³-hybridized carbons (Fsp3) is 0.840. The molecule has 1 saturated heterocycles. The second-order valence-electron chi connectivity index (χ2n) is 11.7. The predicted molar refractivity (Wildman–Crippen MR) is 115 cm³/mol. The van der Waals surface area contributed by atoms with Crippen molar-refractivity contribution in [2.75, 3.05) is 13.2 Å². The van der Waals surface area contributed by atoms with Crippen LogP contribution < -0.4 is 0 Å². The summed E-state index contributed by atoms with van der Waals surface area (Å²) in [5, 5.41) is 0. The summed E-state index contributed by atoms with van der Waals surface area (Å²) in [5.41, 5.74) is -1.94. The van der Waals surface area contributed by atoms with Gasteiger partial charge >= 0.3 is 11.9 Å². The number of hydrogen-bond donors (Lipinski definition) is 0. The molecule has 0 N–H and O–H groups in total. The SMILES string of the molecule is C=C(C)C(=O)OC(C)(C)C12CC3CC(CC(C(=O)OC(C)(C)C4(C)OCCO4)(C3)C1)C2. The summed E-state index contributed by atoms with van der Waals surface area (Å²) in [5.74, 6) is -0.553. The smallest absolute Gasteiger partial charge is 0.333 e. The van der Waals surface area contributed by atoms with Crippen molar-refractivity contribution in [2.45, 2.75) is 97.1 Å². The Kier molecular flexibility index (Phi) is 5.18. The lowest BCUT2D eigenvalue weighted by atomic mass is 9.41. The Balaban J connectivity index is 1.60. The van der Waals surface area contributed by atoms with E-state index in [1.165, 1.54) is 0 Å². The number of rotatable bonds is 6. The molecule has 6 heteroatoms. The van der Waals surface area contributed by atoms with E-state index in [2.05, 4.69) is 6.58 Å². The van der Waals surface area contributed by atoms with Gasteiger partial charge in [0.1, 0.15) is 5.60 Å². The number of ether oxygens (including phenoxy) is 4. The maximum absolute atomic E-state index is 13.8. The molecular formula is C25H38O6. The third-order valence-corrected chi connectivity index (χ3v) is 8.75. The highest BCUT2D eigenvalue weighted by Crippen LogP contribution is 2.69. The first kappa shape index (κ1) is 22.8. The Bertz CT molecular complexity index is 774. The monoisotopic (exact) mass is 434 g/mol. The largest absolute Gasteiger partial charge is 0.456 e. The molecule has 6 nitrogen and oxygen atoms in total. The van der Waals surface area contributed by atoms with Gasteiger partial charge in [-0.1, -0.05) is 6.58 Å². The molecular weight excluding hydrogens is 396 g/mol. The molecule has 4 aliphatic carbocycles. The van der Waals surface area contributed by atoms with Gasteiger partial charge in [-0.3, -0.25) is 4.79 Å². The average Bonchev–Trinajstić information content (AvgIpc) is 3.08. The summed E-state index contributed by atoms with van der Waals surface area (Å²) in [6.45, 7) is 16.0. The zero-order valence-corrected chi connectivity index (χ0v) is 20.0. The van der Waals surface area contributed by atoms with Crippen LogP contribution >= 0.6 is 0 Å². The molecule has 0 aromatic heterocycles. The van der Waals surface area contributed by atoms with Crippen molar-refractivity contribution in [1.82, 2.24) is 0 Å². The Hall–Kier alpha value is -1.40. The normalized spacial score (nSPS) is 36.3. The first-order valence-corrected chi connectivity index (χ1v) is 11.6. The quantitative estimate of drug-likeness (QED) is 0.451. The Morgan fingerprint density at radius 3 is 2.00 bits per heavy atom. The van der Waals surface area contributed by atoms with Gasteiger partial charge in [-0.25, -0.2) is 4.79 Å². The molecule has 5 aliphatic rings. The molecule has 2 unspecified atom stereocenters. The van der Waals surface area contributed by atoms with Crippen LogP contribution in [0.4, 0.5) is 0 Å². The lowest BCUT2D eigenvalue weighted by Crippen LogP contribution is -2.63. The van der Waals surface area contributed by atoms with Crippen LogP contribution in [0.15, 0.2) is 12.2 Å². The zero-order valence-electron chi connectivity index (χ0n) is 20.0. The number of hydrogen-bond acceptors (Lipinski definition) is 6. The van der Waals surface area contributed by atoms with Crippen LogP contribution in [-0.2, 0) is 28.5 Å². The van der Waals surface area contributed by atoms with E-state index in [4.69, 9.17) is 18.9 Å². The molecule has 2 atom stereocenters. The summed E-state index contributed by atoms with van der Waals surface area (Å²) in [6.07, 6.45) is 5.52. The summed E-state index contributed by atoms with van der Waals surface area (Å²) in [6, 6.07) is 0. The number of carbonyl (C=O) groups is 2. The maximum atomic E-state index is 13.8. The number of carbonyl (C=O) groups excluding carboxylic acids is 2. The molecule has 174 valence electrons. The molecule has 0 radical (unpaired) electrons. The second-order valence-corrected chi connectivity index (χ2v) is 11.7. The van der Waals surface area contributed by atoms with Gasteiger partial charge < -0.3 is 18.9 Å². The lowest BCUT2D eigenvalue weighted by Gasteiger charge is -2.64. The van der Waals surface area contributed by atoms with Crippen molar-refractivity contribution < 1.29 is 28.5 Å². The van der Waals surface area contributed by atoms with Crippen molar-refractivity contribution in [1.29, 1.82) is 0 Å². The Morgan fingerprint density at radius 2 is 1.48 bits per heavy atom. The van der Waals surface area contributed by atoms with E-state index in [1.807, 2.05) is 34.6 Å². The Labute approximate surface area is 186 Å². The highest BCUT2D eigenvalue weighted by molar-refractivity contribution is 5.87. The van der Waals surface area contributed by atoms with E-state index in [1.54, 1.807) is 6.92 Å². The van der Waals surface area contributed by atoms with Crippen LogP contribution in [0.2, 0.25) is 0 Å². The van der Waals surface area contributed by atoms with E-state index in [-0.39, 0.29) is 17.4 Å². The van der Waals surface area contributed by atoms with Gasteiger partial charge in [-0.15, -0.1) is 0 Å². The van der Waals surface area contributed by atoms with Crippen molar-refractivity contribution in [3.8, 4) is 0 Å². The minimum atomic E-state index is -0.946. The average molecular weight is 435 g/mol. The van der Waals surface area contributed by atoms with Crippen LogP contribution in [0.5, 0.6) is 0 Å². The molecule has 5 fully saturated rings. The maximum Gasteiger partial charge on any atom is 0.333 e. The number of esters is 2. The first-order valence-electron chi connectivity index (χ1n) is 11.6. The molecule has 31 heavy (non-hydrogen) atoms. The van der Waals surface area contributed by atoms with Crippen LogP contribution in [0.25, 0.3) is 0 Å². The zero-order chi connectivity index (χ0) is 22.9. The molecule has 0 amide bonds. The van der Waals surface area contributed by atoms with Crippen molar-refractivity contribution in [3.05, 3.63) is 12.2 Å². The van der Waals surface area contributed by atoms with Crippen molar-refractivity contribution in [2.24, 2.45) is 22.7 Å². The summed E-state index contributed by atoms with van der Waals surface area (Å²) in [7, 11) is 0. The van der Waals surface area contributed by atoms with Crippen molar-refractivity contribution in [3.63, 3.8) is 0 Å². The molecule has 5 rings (SSSR count). The highest BCUT2D eigenvalue weighted by Gasteiger charge is 2.67. The minimum absolute atomic E-state index is 0.154. The summed E-state index contributed by atoms with van der Waals surface area (Å²) >= 11 is 0. The lowest BCUT2D eigenvalue weighted by molar-refractivity contribution is -0.269. The fourth-order valence-electron chi connectivity index (χ4n) is 6.93. The van der Waals surface area contributed by atoms with Crippen molar-refractivity contribution >= 4 is 11.9 Å². The van der Waals surface area contributed by atoms with Gasteiger partial charge in [0.05, 0.1) is 18.6 Å². The van der Waals surface area contributed by atoms with E-state index in [0.717, 1.165) is 32.1 Å². The van der Waals surface area contributed by atoms with Gasteiger partial charge in [-0.05, 0) is 91.9 Å². The van der Waals surface area contributed by atoms with E-state index in [9.17, 15) is 9.59 Å². The minimum Gasteiger partial charge on any atom is -0.456 e. The van der Waals surface area contributed by atoms with E-state index >= 15 is 0 Å². The van der Waals surface area contributed by atoms with Crippen LogP contribution in [0, 0.1) is 22.7 Å². The van der Waals surface area contributed by atoms with Gasteiger partial charge in [0.15, 0.2) is 5.60 Å². The molecule has 0 aromatic rings. The predicted octanol–water partition coefficient (Wildman–Crippen LogP) is 4.56. The Morgan fingerprint density at radius 1 is 0.935 bits per heavy atom. The third kappa shape index (κ3) is 3.54. The molecule has 0 aromatic carbocycles. The molecule has 1 aliphatic heterocycles. The van der Waals surface area contributed by atoms with Gasteiger partial charge in [0.25, 0.3) is 0 Å². The summed E-state index contributed by atoms with van der Waals surface area (Å²) < 4.78 is 23.8. The fourth-order valence-corrected chi connectivity index (χ4v) is 6.93. The molecule has 4 saturated carbocycles. The highest BCUT2D eigenvalue weighted by atomic mass is 16.8. The van der Waals surface area contributed by atoms with Crippen LogP contribution in [0.1, 0.15) is 80.1 Å². The summed E-state index contributed by atoms with van der Waals surface area (Å²) in [4.78, 5) is 26.1. The molecule has 1 heterocycles. The van der Waals surface area contributed by atoms with Gasteiger partial charge in [0.2, 0.25) is 5.79 Å². The van der Waals surface area contributed by atoms with Crippen LogP contribution in [0.3, 0.4) is 0 Å². The first-order chi connectivity index (χ1) is 14.2.